The molecule has 2 rings (SSSR count). The van der Waals surface area contributed by atoms with E-state index < -0.39 is 0 Å². The molecule has 0 unspecified atom stereocenters. The first-order chi connectivity index (χ1) is 7.90. The molecule has 1 aliphatic heterocycles. The number of rotatable bonds is 4. The Kier molecular flexibility index (Phi) is 4.10. The van der Waals surface area contributed by atoms with E-state index in [-0.39, 0.29) is 12.4 Å². The number of hydrogen-bond acceptors (Lipinski definition) is 3. The number of ether oxygens (including phenoxy) is 3. The van der Waals surface area contributed by atoms with E-state index in [1.165, 1.54) is 0 Å². The molecule has 0 fully saturated rings. The Morgan fingerprint density at radius 2 is 2.12 bits per heavy atom. The number of hydrogen-bond donors (Lipinski definition) is 0. The van der Waals surface area contributed by atoms with Gasteiger partial charge in [-0.15, -0.1) is 0 Å². The molecule has 3 nitrogen and oxygen atoms in total. The van der Waals surface area contributed by atoms with Crippen LogP contribution in [0.3, 0.4) is 0 Å². The molecule has 86 valence electrons. The van der Waals surface area contributed by atoms with Crippen molar-refractivity contribution in [1.29, 1.82) is 0 Å². The Balaban J connectivity index is 1.89. The minimum absolute atomic E-state index is 0.126. The molecule has 0 amide bonds. The lowest BCUT2D eigenvalue weighted by Crippen LogP contribution is -2.34. The van der Waals surface area contributed by atoms with Gasteiger partial charge in [0.15, 0.2) is 6.29 Å². The molecule has 0 saturated heterocycles. The summed E-state index contributed by atoms with van der Waals surface area (Å²) in [6.45, 7) is 1.16. The quantitative estimate of drug-likeness (QED) is 0.727. The lowest BCUT2D eigenvalue weighted by atomic mass is 10.2. The van der Waals surface area contributed by atoms with Crippen LogP contribution >= 0.6 is 0 Å². The predicted molar refractivity (Wildman–Crippen MR) is 60.9 cm³/mol. The molecule has 2 atom stereocenters. The highest BCUT2D eigenvalue weighted by Gasteiger charge is 2.22. The summed E-state index contributed by atoms with van der Waals surface area (Å²) in [6, 6.07) is 10.1. The van der Waals surface area contributed by atoms with E-state index in [0.717, 1.165) is 5.56 Å². The molecule has 0 saturated carbocycles. The molecule has 3 heteroatoms. The zero-order valence-corrected chi connectivity index (χ0v) is 9.34. The largest absolute Gasteiger partial charge is 0.364 e. The van der Waals surface area contributed by atoms with E-state index in [1.807, 2.05) is 42.5 Å². The lowest BCUT2D eigenvalue weighted by Gasteiger charge is -2.26. The third kappa shape index (κ3) is 2.92. The van der Waals surface area contributed by atoms with Gasteiger partial charge < -0.3 is 14.2 Å². The van der Waals surface area contributed by atoms with Crippen LogP contribution in [-0.4, -0.2) is 26.1 Å². The first-order valence-electron chi connectivity index (χ1n) is 5.37. The van der Waals surface area contributed by atoms with Gasteiger partial charge in [0, 0.05) is 7.11 Å². The molecule has 1 heterocycles. The van der Waals surface area contributed by atoms with Crippen molar-refractivity contribution >= 4 is 0 Å². The van der Waals surface area contributed by atoms with Crippen LogP contribution in [0.25, 0.3) is 0 Å². The van der Waals surface area contributed by atoms with Crippen LogP contribution in [0.4, 0.5) is 0 Å². The van der Waals surface area contributed by atoms with E-state index in [1.54, 1.807) is 7.11 Å². The Labute approximate surface area is 95.6 Å². The van der Waals surface area contributed by atoms with Gasteiger partial charge in [-0.05, 0) is 5.56 Å². The molecule has 0 aromatic heterocycles. The second-order valence-corrected chi connectivity index (χ2v) is 3.63. The van der Waals surface area contributed by atoms with Gasteiger partial charge in [-0.25, -0.2) is 0 Å². The topological polar surface area (TPSA) is 27.7 Å². The molecule has 0 N–H and O–H groups in total. The first kappa shape index (κ1) is 11.3. The van der Waals surface area contributed by atoms with Gasteiger partial charge in [0.25, 0.3) is 0 Å². The van der Waals surface area contributed by atoms with Gasteiger partial charge in [-0.2, -0.15) is 0 Å². The van der Waals surface area contributed by atoms with Crippen LogP contribution in [0.5, 0.6) is 0 Å². The van der Waals surface area contributed by atoms with E-state index in [0.29, 0.717) is 13.2 Å². The van der Waals surface area contributed by atoms with Crippen molar-refractivity contribution in [2.75, 3.05) is 13.7 Å². The van der Waals surface area contributed by atoms with Crippen LogP contribution in [-0.2, 0) is 20.8 Å². The van der Waals surface area contributed by atoms with Crippen molar-refractivity contribution in [2.24, 2.45) is 0 Å². The van der Waals surface area contributed by atoms with Gasteiger partial charge >= 0.3 is 0 Å². The van der Waals surface area contributed by atoms with Gasteiger partial charge in [-0.3, -0.25) is 0 Å². The highest BCUT2D eigenvalue weighted by molar-refractivity contribution is 5.13. The van der Waals surface area contributed by atoms with Crippen molar-refractivity contribution in [1.82, 2.24) is 0 Å². The van der Waals surface area contributed by atoms with E-state index in [9.17, 15) is 0 Å². The van der Waals surface area contributed by atoms with Crippen molar-refractivity contribution in [3.05, 3.63) is 48.0 Å². The van der Waals surface area contributed by atoms with Crippen LogP contribution < -0.4 is 0 Å². The lowest BCUT2D eigenvalue weighted by molar-refractivity contribution is -0.184. The molecule has 0 bridgehead atoms. The normalized spacial score (nSPS) is 24.6. The summed E-state index contributed by atoms with van der Waals surface area (Å²) in [7, 11) is 1.63. The maximum absolute atomic E-state index is 5.74. The van der Waals surface area contributed by atoms with Crippen LogP contribution in [0.1, 0.15) is 5.56 Å². The first-order valence-corrected chi connectivity index (χ1v) is 5.37. The zero-order valence-electron chi connectivity index (χ0n) is 9.34. The molecular formula is C13H16O3. The summed E-state index contributed by atoms with van der Waals surface area (Å²) in [5, 5.41) is 0. The minimum atomic E-state index is -0.297. The number of benzene rings is 1. The second-order valence-electron chi connectivity index (χ2n) is 3.63. The maximum Gasteiger partial charge on any atom is 0.187 e. The minimum Gasteiger partial charge on any atom is -0.364 e. The molecular weight excluding hydrogens is 204 g/mol. The highest BCUT2D eigenvalue weighted by Crippen LogP contribution is 2.14. The van der Waals surface area contributed by atoms with Gasteiger partial charge in [0.05, 0.1) is 13.2 Å². The van der Waals surface area contributed by atoms with Crippen molar-refractivity contribution in [3.63, 3.8) is 0 Å². The summed E-state index contributed by atoms with van der Waals surface area (Å²) < 4.78 is 16.3. The fourth-order valence-corrected chi connectivity index (χ4v) is 1.63. The maximum atomic E-state index is 5.74. The van der Waals surface area contributed by atoms with Gasteiger partial charge in [0.1, 0.15) is 6.10 Å². The average Bonchev–Trinajstić information content (AvgIpc) is 2.38. The van der Waals surface area contributed by atoms with E-state index >= 15 is 0 Å². The monoisotopic (exact) mass is 220 g/mol. The molecule has 0 aliphatic carbocycles. The predicted octanol–water partition coefficient (Wildman–Crippen LogP) is 2.13. The molecule has 0 radical (unpaired) electrons. The summed E-state index contributed by atoms with van der Waals surface area (Å²) in [5.41, 5.74) is 1.15. The molecule has 1 aromatic carbocycles. The SMILES string of the molecule is CO[C@@H]1OCC=C[C@@H]1OCc1ccccc1. The Hall–Kier alpha value is -1.16. The molecule has 16 heavy (non-hydrogen) atoms. The number of methoxy groups -OCH3 is 1. The third-order valence-corrected chi connectivity index (χ3v) is 2.47. The zero-order chi connectivity index (χ0) is 11.2. The summed E-state index contributed by atoms with van der Waals surface area (Å²) in [6.07, 6.45) is 3.51. The van der Waals surface area contributed by atoms with Gasteiger partial charge in [-0.1, -0.05) is 42.5 Å². The fourth-order valence-electron chi connectivity index (χ4n) is 1.63. The molecule has 0 spiro atoms. The van der Waals surface area contributed by atoms with Crippen molar-refractivity contribution in [2.45, 2.75) is 19.0 Å². The smallest absolute Gasteiger partial charge is 0.187 e. The highest BCUT2D eigenvalue weighted by atomic mass is 16.7. The summed E-state index contributed by atoms with van der Waals surface area (Å²) in [5.74, 6) is 0. The van der Waals surface area contributed by atoms with Gasteiger partial charge in [0.2, 0.25) is 0 Å². The Bertz CT molecular complexity index is 334. The molecule has 1 aliphatic rings. The second kappa shape index (κ2) is 5.80. The fraction of sp³-hybridized carbons (Fsp3) is 0.385. The van der Waals surface area contributed by atoms with Crippen molar-refractivity contribution in [3.8, 4) is 0 Å². The third-order valence-electron chi connectivity index (χ3n) is 2.47. The average molecular weight is 220 g/mol. The van der Waals surface area contributed by atoms with Crippen LogP contribution in [0, 0.1) is 0 Å². The summed E-state index contributed by atoms with van der Waals surface area (Å²) >= 11 is 0. The summed E-state index contributed by atoms with van der Waals surface area (Å²) in [4.78, 5) is 0. The van der Waals surface area contributed by atoms with Crippen molar-refractivity contribution < 1.29 is 14.2 Å². The van der Waals surface area contributed by atoms with E-state index in [4.69, 9.17) is 14.2 Å². The Morgan fingerprint density at radius 3 is 2.88 bits per heavy atom. The standard InChI is InChI=1S/C13H16O3/c1-14-13-12(8-5-9-15-13)16-10-11-6-3-2-4-7-11/h2-8,12-13H,9-10H2,1H3/t12-,13+/m0/s1. The van der Waals surface area contributed by atoms with E-state index in [2.05, 4.69) is 0 Å². The van der Waals surface area contributed by atoms with Crippen LogP contribution in [0.15, 0.2) is 42.5 Å². The van der Waals surface area contributed by atoms with Crippen LogP contribution in [0.2, 0.25) is 0 Å². The Morgan fingerprint density at radius 1 is 1.31 bits per heavy atom. The molecule has 1 aromatic rings.